The van der Waals surface area contributed by atoms with Crippen LogP contribution in [0.25, 0.3) is 11.3 Å². The van der Waals surface area contributed by atoms with Crippen molar-refractivity contribution in [2.24, 2.45) is 5.41 Å². The summed E-state index contributed by atoms with van der Waals surface area (Å²) in [7, 11) is 1.54. The van der Waals surface area contributed by atoms with Gasteiger partial charge >= 0.3 is 6.09 Å². The summed E-state index contributed by atoms with van der Waals surface area (Å²) >= 11 is 0. The van der Waals surface area contributed by atoms with Gasteiger partial charge in [0.05, 0.1) is 12.2 Å². The highest BCUT2D eigenvalue weighted by Gasteiger charge is 2.52. The summed E-state index contributed by atoms with van der Waals surface area (Å²) in [6.07, 6.45) is 1.34. The van der Waals surface area contributed by atoms with E-state index in [0.29, 0.717) is 31.6 Å². The summed E-state index contributed by atoms with van der Waals surface area (Å²) in [4.78, 5) is 61.1. The highest BCUT2D eigenvalue weighted by atomic mass is 19.1. The Kier molecular flexibility index (Phi) is 10.7. The number of carbonyl (C=O) groups is 4. The molecule has 3 atom stereocenters. The Morgan fingerprint density at radius 1 is 1.04 bits per heavy atom. The van der Waals surface area contributed by atoms with Gasteiger partial charge in [0, 0.05) is 32.7 Å². The van der Waals surface area contributed by atoms with Crippen LogP contribution in [0.1, 0.15) is 70.4 Å². The first-order valence-corrected chi connectivity index (χ1v) is 17.2. The van der Waals surface area contributed by atoms with Crippen LogP contribution in [-0.4, -0.2) is 111 Å². The molecule has 0 aliphatic carbocycles. The summed E-state index contributed by atoms with van der Waals surface area (Å²) in [6, 6.07) is 15.8. The molecule has 3 aromatic rings. The van der Waals surface area contributed by atoms with E-state index in [9.17, 15) is 23.6 Å². The van der Waals surface area contributed by atoms with Gasteiger partial charge in [0.1, 0.15) is 23.5 Å². The van der Waals surface area contributed by atoms with Crippen LogP contribution in [0, 0.1) is 11.2 Å². The molecule has 4 amide bonds. The molecule has 2 fully saturated rings. The van der Waals surface area contributed by atoms with E-state index >= 15 is 0 Å². The number of nitrogens with zero attached hydrogens (tertiary/aromatic N) is 5. The van der Waals surface area contributed by atoms with E-state index in [-0.39, 0.29) is 48.4 Å². The number of H-pyrrole nitrogens is 1. The number of amides is 4. The highest BCUT2D eigenvalue weighted by molar-refractivity contribution is 5.96. The molecule has 0 saturated carbocycles. The molecular weight excluding hydrogens is 639 g/mol. The lowest BCUT2D eigenvalue weighted by atomic mass is 9.82. The molecule has 0 unspecified atom stereocenters. The van der Waals surface area contributed by atoms with Crippen molar-refractivity contribution >= 4 is 23.8 Å². The Morgan fingerprint density at radius 2 is 1.72 bits per heavy atom. The van der Waals surface area contributed by atoms with Gasteiger partial charge in [0.25, 0.3) is 5.91 Å². The highest BCUT2D eigenvalue weighted by Crippen LogP contribution is 2.34. The van der Waals surface area contributed by atoms with Crippen LogP contribution in [0.15, 0.2) is 60.7 Å². The second-order valence-electron chi connectivity index (χ2n) is 15.4. The summed E-state index contributed by atoms with van der Waals surface area (Å²) in [5.41, 5.74) is 1.45. The smallest absolute Gasteiger partial charge is 0.410 e. The fourth-order valence-corrected chi connectivity index (χ4v) is 6.66. The number of aromatic nitrogens is 2. The van der Waals surface area contributed by atoms with E-state index in [1.54, 1.807) is 48.8 Å². The third-order valence-corrected chi connectivity index (χ3v) is 9.30. The van der Waals surface area contributed by atoms with E-state index in [2.05, 4.69) is 10.2 Å². The summed E-state index contributed by atoms with van der Waals surface area (Å²) in [5, 5.41) is 7.32. The number of rotatable bonds is 10. The first kappa shape index (κ1) is 36.5. The number of nitrogens with one attached hydrogen (secondary N) is 1. The maximum absolute atomic E-state index is 14.4. The van der Waals surface area contributed by atoms with Gasteiger partial charge in [0.2, 0.25) is 11.8 Å². The van der Waals surface area contributed by atoms with Gasteiger partial charge < -0.3 is 19.4 Å². The number of β-lactam (4-membered cyclic amide) rings is 1. The summed E-state index contributed by atoms with van der Waals surface area (Å²) in [5.74, 6) is -1.08. The van der Waals surface area contributed by atoms with Crippen molar-refractivity contribution in [3.63, 3.8) is 0 Å². The molecule has 1 aromatic heterocycles. The van der Waals surface area contributed by atoms with Gasteiger partial charge in [-0.25, -0.2) is 9.18 Å². The quantitative estimate of drug-likeness (QED) is 0.286. The molecule has 5 rings (SSSR count). The first-order valence-electron chi connectivity index (χ1n) is 17.2. The van der Waals surface area contributed by atoms with E-state index in [4.69, 9.17) is 4.74 Å². The van der Waals surface area contributed by atoms with Crippen molar-refractivity contribution in [3.8, 4) is 11.3 Å². The van der Waals surface area contributed by atoms with Gasteiger partial charge in [-0.1, -0.05) is 63.2 Å². The first-order chi connectivity index (χ1) is 23.5. The zero-order valence-corrected chi connectivity index (χ0v) is 30.1. The lowest BCUT2D eigenvalue weighted by molar-refractivity contribution is -0.165. The SMILES string of the molecule is CN(C(=O)OC(C)(C)C)[C@H]1CN([C@H](C(=O)N2CCC[C@H]2CN(CCc2ccc(F)cc2)C(=O)c2cc(-c3ccccc3)[nH]n2)C(C)(C)C)C1=O. The van der Waals surface area contributed by atoms with Crippen molar-refractivity contribution in [1.29, 1.82) is 0 Å². The number of halogens is 1. The predicted molar refractivity (Wildman–Crippen MR) is 188 cm³/mol. The maximum atomic E-state index is 14.4. The molecule has 268 valence electrons. The number of benzene rings is 2. The van der Waals surface area contributed by atoms with Crippen molar-refractivity contribution in [1.82, 2.24) is 29.8 Å². The molecule has 1 N–H and O–H groups in total. The number of aromatic amines is 1. The Balaban J connectivity index is 1.34. The average Bonchev–Trinajstić information content (AvgIpc) is 3.74. The molecule has 2 saturated heterocycles. The zero-order valence-electron chi connectivity index (χ0n) is 30.1. The molecule has 0 bridgehead atoms. The molecule has 0 spiro atoms. The third kappa shape index (κ3) is 8.34. The minimum absolute atomic E-state index is 0.177. The summed E-state index contributed by atoms with van der Waals surface area (Å²) in [6.45, 7) is 12.4. The summed E-state index contributed by atoms with van der Waals surface area (Å²) < 4.78 is 19.1. The Morgan fingerprint density at radius 3 is 2.34 bits per heavy atom. The fourth-order valence-electron chi connectivity index (χ4n) is 6.66. The van der Waals surface area contributed by atoms with E-state index in [1.165, 1.54) is 24.1 Å². The van der Waals surface area contributed by atoms with Crippen molar-refractivity contribution in [2.75, 3.05) is 33.2 Å². The second-order valence-corrected chi connectivity index (χ2v) is 15.4. The minimum atomic E-state index is -0.762. The topological polar surface area (TPSA) is 119 Å². The molecule has 11 nitrogen and oxygen atoms in total. The number of hydrogen-bond donors (Lipinski definition) is 1. The fraction of sp³-hybridized carbons (Fsp3) is 0.500. The molecule has 2 aromatic carbocycles. The molecule has 0 radical (unpaired) electrons. The van der Waals surface area contributed by atoms with E-state index < -0.39 is 29.2 Å². The van der Waals surface area contributed by atoms with Crippen LogP contribution in [0.5, 0.6) is 0 Å². The molecular formula is C38H49FN6O5. The maximum Gasteiger partial charge on any atom is 0.410 e. The van der Waals surface area contributed by atoms with Crippen LogP contribution in [0.4, 0.5) is 9.18 Å². The molecule has 2 aliphatic rings. The largest absolute Gasteiger partial charge is 0.444 e. The Hall–Kier alpha value is -4.74. The van der Waals surface area contributed by atoms with Gasteiger partial charge in [-0.05, 0) is 74.8 Å². The zero-order chi connectivity index (χ0) is 36.4. The van der Waals surface area contributed by atoms with Gasteiger partial charge in [-0.3, -0.25) is 24.4 Å². The van der Waals surface area contributed by atoms with Gasteiger partial charge in [-0.2, -0.15) is 5.10 Å². The normalized spacial score (nSPS) is 18.4. The van der Waals surface area contributed by atoms with Crippen molar-refractivity contribution in [2.45, 2.75) is 84.5 Å². The van der Waals surface area contributed by atoms with Crippen LogP contribution < -0.4 is 0 Å². The van der Waals surface area contributed by atoms with Gasteiger partial charge in [-0.15, -0.1) is 0 Å². The molecule has 3 heterocycles. The van der Waals surface area contributed by atoms with E-state index in [0.717, 1.165) is 17.5 Å². The standard InChI is InChI=1S/C38H49FN6O5/c1-37(2,3)32(45-24-31(34(45)47)42(7)36(49)50-38(4,5)6)35(48)44-20-11-14-28(44)23-43(21-19-25-15-17-27(39)18-16-25)33(46)30-22-29(40-41-30)26-12-9-8-10-13-26/h8-10,12-13,15-18,22,28,31-32H,11,14,19-21,23-24H2,1-7H3,(H,40,41)/t28-,31-,32+/m0/s1. The molecule has 12 heteroatoms. The second kappa shape index (κ2) is 14.6. The van der Waals surface area contributed by atoms with Crippen LogP contribution in [0.3, 0.4) is 0 Å². The number of hydrogen-bond acceptors (Lipinski definition) is 6. The Bertz CT molecular complexity index is 1680. The number of carbonyl (C=O) groups excluding carboxylic acids is 4. The Labute approximate surface area is 293 Å². The number of ether oxygens (including phenoxy) is 1. The van der Waals surface area contributed by atoms with Crippen LogP contribution in [-0.2, 0) is 20.7 Å². The lowest BCUT2D eigenvalue weighted by Crippen LogP contribution is -2.71. The van der Waals surface area contributed by atoms with Crippen molar-refractivity contribution < 1.29 is 28.3 Å². The van der Waals surface area contributed by atoms with Crippen LogP contribution in [0.2, 0.25) is 0 Å². The van der Waals surface area contributed by atoms with E-state index in [1.807, 2.05) is 56.0 Å². The van der Waals surface area contributed by atoms with Crippen LogP contribution >= 0.6 is 0 Å². The lowest BCUT2D eigenvalue weighted by Gasteiger charge is -2.50. The number of likely N-dealkylation sites (N-methyl/N-ethyl adjacent to an activating group) is 1. The molecule has 50 heavy (non-hydrogen) atoms. The van der Waals surface area contributed by atoms with Gasteiger partial charge in [0.15, 0.2) is 5.69 Å². The molecule has 2 aliphatic heterocycles. The minimum Gasteiger partial charge on any atom is -0.444 e. The third-order valence-electron chi connectivity index (χ3n) is 9.30. The van der Waals surface area contributed by atoms with Crippen molar-refractivity contribution in [3.05, 3.63) is 77.7 Å². The predicted octanol–water partition coefficient (Wildman–Crippen LogP) is 5.38. The number of likely N-dealkylation sites (tertiary alicyclic amines) is 2. The monoisotopic (exact) mass is 688 g/mol. The average molecular weight is 689 g/mol.